The smallest absolute Gasteiger partial charge is 0.201 e. The SMILES string of the molecule is CCC(c1cccs1)n1c(N)nc2c(C#N)cccc21. The largest absolute Gasteiger partial charge is 0.369 e. The lowest BCUT2D eigenvalue weighted by Crippen LogP contribution is -2.11. The van der Waals surface area contributed by atoms with Gasteiger partial charge in [-0.2, -0.15) is 5.26 Å². The molecule has 0 spiro atoms. The predicted octanol–water partition coefficient (Wildman–Crippen LogP) is 3.55. The van der Waals surface area contributed by atoms with E-state index in [0.717, 1.165) is 11.9 Å². The molecule has 0 bridgehead atoms. The number of nitrogen functional groups attached to an aromatic ring is 1. The Kier molecular flexibility index (Phi) is 3.17. The summed E-state index contributed by atoms with van der Waals surface area (Å²) in [6, 6.07) is 12.1. The van der Waals surface area contributed by atoms with E-state index in [-0.39, 0.29) is 6.04 Å². The van der Waals surface area contributed by atoms with Crippen molar-refractivity contribution in [1.82, 2.24) is 9.55 Å². The first-order valence-electron chi connectivity index (χ1n) is 6.46. The molecule has 2 heterocycles. The number of imidazole rings is 1. The summed E-state index contributed by atoms with van der Waals surface area (Å²) in [7, 11) is 0. The number of nitrogens with zero attached hydrogens (tertiary/aromatic N) is 3. The molecule has 20 heavy (non-hydrogen) atoms. The van der Waals surface area contributed by atoms with Gasteiger partial charge in [-0.15, -0.1) is 11.3 Å². The normalized spacial score (nSPS) is 12.4. The molecule has 4 nitrogen and oxygen atoms in total. The second-order valence-corrected chi connectivity index (χ2v) is 5.54. The maximum atomic E-state index is 9.18. The van der Waals surface area contributed by atoms with Crippen molar-refractivity contribution >= 4 is 28.3 Å². The number of nitriles is 1. The third-order valence-electron chi connectivity index (χ3n) is 3.44. The summed E-state index contributed by atoms with van der Waals surface area (Å²) in [5, 5.41) is 11.2. The lowest BCUT2D eigenvalue weighted by atomic mass is 10.1. The highest BCUT2D eigenvalue weighted by Gasteiger charge is 2.20. The molecule has 1 atom stereocenters. The van der Waals surface area contributed by atoms with Gasteiger partial charge in [0.1, 0.15) is 11.6 Å². The molecule has 3 rings (SSSR count). The van der Waals surface area contributed by atoms with Crippen molar-refractivity contribution in [3.63, 3.8) is 0 Å². The van der Waals surface area contributed by atoms with Gasteiger partial charge in [-0.05, 0) is 30.0 Å². The van der Waals surface area contributed by atoms with Crippen LogP contribution < -0.4 is 5.73 Å². The van der Waals surface area contributed by atoms with E-state index < -0.39 is 0 Å². The minimum Gasteiger partial charge on any atom is -0.369 e. The first-order valence-corrected chi connectivity index (χ1v) is 7.34. The fraction of sp³-hybridized carbons (Fsp3) is 0.200. The molecule has 0 saturated heterocycles. The Bertz CT molecular complexity index is 780. The van der Waals surface area contributed by atoms with Crippen LogP contribution in [0.25, 0.3) is 11.0 Å². The van der Waals surface area contributed by atoms with Crippen LogP contribution in [0.3, 0.4) is 0 Å². The van der Waals surface area contributed by atoms with Crippen LogP contribution in [0.5, 0.6) is 0 Å². The maximum absolute atomic E-state index is 9.18. The number of anilines is 1. The van der Waals surface area contributed by atoms with Crippen molar-refractivity contribution in [2.45, 2.75) is 19.4 Å². The minimum atomic E-state index is 0.161. The quantitative estimate of drug-likeness (QED) is 0.798. The van der Waals surface area contributed by atoms with Crippen molar-refractivity contribution in [2.24, 2.45) is 0 Å². The molecule has 2 aromatic heterocycles. The fourth-order valence-electron chi connectivity index (χ4n) is 2.54. The number of aromatic nitrogens is 2. The lowest BCUT2D eigenvalue weighted by molar-refractivity contribution is 0.599. The number of nitrogens with two attached hydrogens (primary N) is 1. The van der Waals surface area contributed by atoms with Gasteiger partial charge in [0.25, 0.3) is 0 Å². The average Bonchev–Trinajstić information content (AvgIpc) is 3.08. The lowest BCUT2D eigenvalue weighted by Gasteiger charge is -2.17. The molecule has 2 N–H and O–H groups in total. The minimum absolute atomic E-state index is 0.161. The summed E-state index contributed by atoms with van der Waals surface area (Å²) in [5.41, 5.74) is 8.27. The monoisotopic (exact) mass is 282 g/mol. The van der Waals surface area contributed by atoms with Gasteiger partial charge in [0, 0.05) is 4.88 Å². The highest BCUT2D eigenvalue weighted by Crippen LogP contribution is 2.32. The van der Waals surface area contributed by atoms with Gasteiger partial charge in [0.2, 0.25) is 5.95 Å². The Labute approximate surface area is 121 Å². The van der Waals surface area contributed by atoms with Crippen molar-refractivity contribution in [3.8, 4) is 6.07 Å². The van der Waals surface area contributed by atoms with E-state index in [1.54, 1.807) is 17.4 Å². The van der Waals surface area contributed by atoms with Crippen LogP contribution in [0, 0.1) is 11.3 Å². The van der Waals surface area contributed by atoms with Gasteiger partial charge in [0.05, 0.1) is 17.1 Å². The number of para-hydroxylation sites is 1. The van der Waals surface area contributed by atoms with Crippen LogP contribution in [0.4, 0.5) is 5.95 Å². The second kappa shape index (κ2) is 4.99. The van der Waals surface area contributed by atoms with Crippen molar-refractivity contribution < 1.29 is 0 Å². The molecule has 5 heteroatoms. The van der Waals surface area contributed by atoms with Crippen molar-refractivity contribution in [2.75, 3.05) is 5.73 Å². The van der Waals surface area contributed by atoms with Gasteiger partial charge >= 0.3 is 0 Å². The molecule has 0 aliphatic rings. The summed E-state index contributed by atoms with van der Waals surface area (Å²) in [6.45, 7) is 2.13. The van der Waals surface area contributed by atoms with E-state index in [1.807, 2.05) is 22.8 Å². The van der Waals surface area contributed by atoms with Crippen molar-refractivity contribution in [1.29, 1.82) is 5.26 Å². The van der Waals surface area contributed by atoms with Crippen molar-refractivity contribution in [3.05, 3.63) is 46.2 Å². The van der Waals surface area contributed by atoms with E-state index in [0.29, 0.717) is 17.0 Å². The zero-order valence-electron chi connectivity index (χ0n) is 11.1. The molecular formula is C15H14N4S. The molecular weight excluding hydrogens is 268 g/mol. The highest BCUT2D eigenvalue weighted by atomic mass is 32.1. The molecule has 3 aromatic rings. The number of rotatable bonds is 3. The summed E-state index contributed by atoms with van der Waals surface area (Å²) in [6.07, 6.45) is 0.924. The van der Waals surface area contributed by atoms with Gasteiger partial charge < -0.3 is 10.3 Å². The molecule has 1 unspecified atom stereocenters. The predicted molar refractivity (Wildman–Crippen MR) is 81.6 cm³/mol. The molecule has 0 aliphatic heterocycles. The zero-order chi connectivity index (χ0) is 14.1. The van der Waals surface area contributed by atoms with Gasteiger partial charge in [-0.1, -0.05) is 19.1 Å². The number of benzene rings is 1. The molecule has 0 radical (unpaired) electrons. The van der Waals surface area contributed by atoms with Gasteiger partial charge in [-0.3, -0.25) is 0 Å². The van der Waals surface area contributed by atoms with E-state index >= 15 is 0 Å². The standard InChI is InChI=1S/C15H14N4S/c1-2-11(13-7-4-8-20-13)19-12-6-3-5-10(9-16)14(12)18-15(19)17/h3-8,11H,2H2,1H3,(H2,17,18). The third-order valence-corrected chi connectivity index (χ3v) is 4.41. The van der Waals surface area contributed by atoms with Crippen LogP contribution >= 0.6 is 11.3 Å². The summed E-state index contributed by atoms with van der Waals surface area (Å²) in [5.74, 6) is 0.461. The summed E-state index contributed by atoms with van der Waals surface area (Å²) in [4.78, 5) is 5.64. The van der Waals surface area contributed by atoms with Gasteiger partial charge in [-0.25, -0.2) is 4.98 Å². The Hall–Kier alpha value is -2.32. The Morgan fingerprint density at radius 2 is 2.25 bits per heavy atom. The first-order chi connectivity index (χ1) is 9.76. The number of hydrogen-bond donors (Lipinski definition) is 1. The number of fused-ring (bicyclic) bond motifs is 1. The second-order valence-electron chi connectivity index (χ2n) is 4.56. The van der Waals surface area contributed by atoms with Gasteiger partial charge in [0.15, 0.2) is 0 Å². The Morgan fingerprint density at radius 3 is 2.90 bits per heavy atom. The van der Waals surface area contributed by atoms with E-state index in [9.17, 15) is 5.26 Å². The van der Waals surface area contributed by atoms with Crippen LogP contribution in [-0.2, 0) is 0 Å². The van der Waals surface area contributed by atoms with E-state index in [1.165, 1.54) is 4.88 Å². The maximum Gasteiger partial charge on any atom is 0.201 e. The fourth-order valence-corrected chi connectivity index (χ4v) is 3.45. The molecule has 100 valence electrons. The zero-order valence-corrected chi connectivity index (χ0v) is 11.9. The molecule has 1 aromatic carbocycles. The van der Waals surface area contributed by atoms with Crippen LogP contribution in [0.1, 0.15) is 29.8 Å². The van der Waals surface area contributed by atoms with Crippen LogP contribution in [0.15, 0.2) is 35.7 Å². The van der Waals surface area contributed by atoms with Crippen LogP contribution in [0.2, 0.25) is 0 Å². The molecule has 0 saturated carbocycles. The number of hydrogen-bond acceptors (Lipinski definition) is 4. The molecule has 0 fully saturated rings. The first kappa shape index (κ1) is 12.7. The third kappa shape index (κ3) is 1.86. The Morgan fingerprint density at radius 1 is 1.40 bits per heavy atom. The van der Waals surface area contributed by atoms with E-state index in [2.05, 4.69) is 29.4 Å². The molecule has 0 aliphatic carbocycles. The topological polar surface area (TPSA) is 67.6 Å². The highest BCUT2D eigenvalue weighted by molar-refractivity contribution is 7.10. The summed E-state index contributed by atoms with van der Waals surface area (Å²) >= 11 is 1.71. The number of thiophene rings is 1. The van der Waals surface area contributed by atoms with Crippen LogP contribution in [-0.4, -0.2) is 9.55 Å². The average molecular weight is 282 g/mol. The molecule has 0 amide bonds. The Balaban J connectivity index is 2.26. The summed E-state index contributed by atoms with van der Waals surface area (Å²) < 4.78 is 2.03. The van der Waals surface area contributed by atoms with E-state index in [4.69, 9.17) is 5.73 Å².